The standard InChI is InChI=1S/C23H22F2N2O4/c1-12-16(13(2)31-27-12)11-30-20-8-7-14(9-21(20)29-3)23(28)26-19-10-15(19)22-17(24)5-4-6-18(22)25/h4-9,15,19H,10-11H2,1-3H3,(H,26,28). The zero-order chi connectivity index (χ0) is 22.1. The first-order valence-electron chi connectivity index (χ1n) is 9.86. The normalized spacial score (nSPS) is 17.3. The summed E-state index contributed by atoms with van der Waals surface area (Å²) in [7, 11) is 1.48. The molecule has 2 aromatic carbocycles. The van der Waals surface area contributed by atoms with E-state index in [-0.39, 0.29) is 30.0 Å². The average molecular weight is 428 g/mol. The number of hydrogen-bond donors (Lipinski definition) is 1. The zero-order valence-corrected chi connectivity index (χ0v) is 17.4. The lowest BCUT2D eigenvalue weighted by molar-refractivity contribution is 0.0949. The second-order valence-electron chi connectivity index (χ2n) is 7.51. The molecule has 0 bridgehead atoms. The van der Waals surface area contributed by atoms with Gasteiger partial charge in [0.1, 0.15) is 24.0 Å². The van der Waals surface area contributed by atoms with E-state index in [1.807, 2.05) is 13.8 Å². The molecule has 1 aliphatic carbocycles. The number of nitrogens with one attached hydrogen (secondary N) is 1. The molecule has 6 nitrogen and oxygen atoms in total. The molecule has 1 amide bonds. The molecule has 0 aliphatic heterocycles. The number of rotatable bonds is 7. The third-order valence-corrected chi connectivity index (χ3v) is 5.46. The lowest BCUT2D eigenvalue weighted by atomic mass is 10.1. The maximum Gasteiger partial charge on any atom is 0.251 e. The fourth-order valence-electron chi connectivity index (χ4n) is 3.58. The van der Waals surface area contributed by atoms with Gasteiger partial charge in [0, 0.05) is 23.1 Å². The largest absolute Gasteiger partial charge is 0.493 e. The van der Waals surface area contributed by atoms with E-state index in [0.717, 1.165) is 11.3 Å². The van der Waals surface area contributed by atoms with E-state index in [4.69, 9.17) is 14.0 Å². The highest BCUT2D eigenvalue weighted by atomic mass is 19.1. The lowest BCUT2D eigenvalue weighted by Crippen LogP contribution is -2.26. The van der Waals surface area contributed by atoms with Crippen molar-refractivity contribution in [3.8, 4) is 11.5 Å². The quantitative estimate of drug-likeness (QED) is 0.602. The van der Waals surface area contributed by atoms with Gasteiger partial charge in [-0.1, -0.05) is 11.2 Å². The minimum absolute atomic E-state index is 0.0217. The predicted molar refractivity (Wildman–Crippen MR) is 108 cm³/mol. The van der Waals surface area contributed by atoms with Gasteiger partial charge in [-0.3, -0.25) is 4.79 Å². The molecule has 1 aromatic heterocycles. The Labute approximate surface area is 178 Å². The van der Waals surface area contributed by atoms with Crippen LogP contribution in [0.3, 0.4) is 0 Å². The SMILES string of the molecule is COc1cc(C(=O)NC2CC2c2c(F)cccc2F)ccc1OCc1c(C)noc1C. The maximum absolute atomic E-state index is 13.9. The van der Waals surface area contributed by atoms with Crippen LogP contribution in [0.25, 0.3) is 0 Å². The second kappa shape index (κ2) is 8.37. The maximum atomic E-state index is 13.9. The molecule has 31 heavy (non-hydrogen) atoms. The third kappa shape index (κ3) is 4.23. The highest BCUT2D eigenvalue weighted by molar-refractivity contribution is 5.95. The molecular weight excluding hydrogens is 406 g/mol. The fourth-order valence-corrected chi connectivity index (χ4v) is 3.58. The smallest absolute Gasteiger partial charge is 0.251 e. The highest BCUT2D eigenvalue weighted by Crippen LogP contribution is 2.43. The Morgan fingerprint density at radius 1 is 1.19 bits per heavy atom. The Hall–Kier alpha value is -3.42. The summed E-state index contributed by atoms with van der Waals surface area (Å²) in [5, 5.41) is 6.72. The molecular formula is C23H22F2N2O4. The van der Waals surface area contributed by atoms with Crippen molar-refractivity contribution >= 4 is 5.91 Å². The summed E-state index contributed by atoms with van der Waals surface area (Å²) in [5.74, 6) is -0.364. The zero-order valence-electron chi connectivity index (χ0n) is 17.4. The molecule has 1 N–H and O–H groups in total. The van der Waals surface area contributed by atoms with Gasteiger partial charge in [-0.15, -0.1) is 0 Å². The Kier molecular flexibility index (Phi) is 5.63. The first kappa shape index (κ1) is 20.8. The third-order valence-electron chi connectivity index (χ3n) is 5.46. The van der Waals surface area contributed by atoms with E-state index in [2.05, 4.69) is 10.5 Å². The predicted octanol–water partition coefficient (Wildman–Crippen LogP) is 4.44. The fraction of sp³-hybridized carbons (Fsp3) is 0.304. The van der Waals surface area contributed by atoms with Crippen LogP contribution in [-0.4, -0.2) is 24.2 Å². The van der Waals surface area contributed by atoms with Gasteiger partial charge in [-0.25, -0.2) is 8.78 Å². The molecule has 4 rings (SSSR count). The molecule has 1 aliphatic rings. The van der Waals surface area contributed by atoms with Crippen molar-refractivity contribution in [3.05, 3.63) is 76.2 Å². The molecule has 162 valence electrons. The number of hydrogen-bond acceptors (Lipinski definition) is 5. The van der Waals surface area contributed by atoms with Crippen LogP contribution in [0.5, 0.6) is 11.5 Å². The van der Waals surface area contributed by atoms with Crippen molar-refractivity contribution in [1.82, 2.24) is 10.5 Å². The summed E-state index contributed by atoms with van der Waals surface area (Å²) in [5.41, 5.74) is 1.98. The number of carbonyl (C=O) groups is 1. The van der Waals surface area contributed by atoms with Crippen LogP contribution >= 0.6 is 0 Å². The molecule has 1 saturated carbocycles. The van der Waals surface area contributed by atoms with Crippen molar-refractivity contribution in [2.45, 2.75) is 38.8 Å². The van der Waals surface area contributed by atoms with E-state index < -0.39 is 11.6 Å². The molecule has 0 radical (unpaired) electrons. The number of amides is 1. The Balaban J connectivity index is 1.42. The Bertz CT molecular complexity index is 1090. The summed E-state index contributed by atoms with van der Waals surface area (Å²) in [6, 6.07) is 8.28. The first-order chi connectivity index (χ1) is 14.9. The monoisotopic (exact) mass is 428 g/mol. The topological polar surface area (TPSA) is 73.6 Å². The molecule has 0 spiro atoms. The summed E-state index contributed by atoms with van der Waals surface area (Å²) in [6.45, 7) is 3.89. The molecule has 0 saturated heterocycles. The van der Waals surface area contributed by atoms with Crippen LogP contribution in [0.2, 0.25) is 0 Å². The van der Waals surface area contributed by atoms with E-state index in [9.17, 15) is 13.6 Å². The van der Waals surface area contributed by atoms with Crippen LogP contribution in [0.15, 0.2) is 40.9 Å². The number of methoxy groups -OCH3 is 1. The Morgan fingerprint density at radius 3 is 2.58 bits per heavy atom. The molecule has 3 aromatic rings. The summed E-state index contributed by atoms with van der Waals surface area (Å²) in [4.78, 5) is 12.6. The van der Waals surface area contributed by atoms with Crippen LogP contribution < -0.4 is 14.8 Å². The van der Waals surface area contributed by atoms with Crippen molar-refractivity contribution in [2.75, 3.05) is 7.11 Å². The number of ether oxygens (including phenoxy) is 2. The number of benzene rings is 2. The van der Waals surface area contributed by atoms with Gasteiger partial charge < -0.3 is 19.3 Å². The number of halogens is 2. The van der Waals surface area contributed by atoms with Crippen LogP contribution in [0, 0.1) is 25.5 Å². The lowest BCUT2D eigenvalue weighted by Gasteiger charge is -2.12. The van der Waals surface area contributed by atoms with Crippen molar-refractivity contribution < 1.29 is 27.6 Å². The number of carbonyl (C=O) groups excluding carboxylic acids is 1. The molecule has 8 heteroatoms. The van der Waals surface area contributed by atoms with E-state index >= 15 is 0 Å². The van der Waals surface area contributed by atoms with Gasteiger partial charge in [0.15, 0.2) is 11.5 Å². The highest BCUT2D eigenvalue weighted by Gasteiger charge is 2.42. The second-order valence-corrected chi connectivity index (χ2v) is 7.51. The van der Waals surface area contributed by atoms with Gasteiger partial charge in [-0.2, -0.15) is 0 Å². The van der Waals surface area contributed by atoms with Gasteiger partial charge in [-0.05, 0) is 50.6 Å². The number of aromatic nitrogens is 1. The summed E-state index contributed by atoms with van der Waals surface area (Å²) >= 11 is 0. The Morgan fingerprint density at radius 2 is 1.94 bits per heavy atom. The van der Waals surface area contributed by atoms with Gasteiger partial charge in [0.25, 0.3) is 5.91 Å². The van der Waals surface area contributed by atoms with Gasteiger partial charge in [0.05, 0.1) is 18.4 Å². The minimum Gasteiger partial charge on any atom is -0.493 e. The van der Waals surface area contributed by atoms with Crippen LogP contribution in [0.4, 0.5) is 8.78 Å². The molecule has 1 heterocycles. The van der Waals surface area contributed by atoms with Gasteiger partial charge in [0.2, 0.25) is 0 Å². The van der Waals surface area contributed by atoms with Crippen molar-refractivity contribution in [1.29, 1.82) is 0 Å². The van der Waals surface area contributed by atoms with E-state index in [1.165, 1.54) is 25.3 Å². The first-order valence-corrected chi connectivity index (χ1v) is 9.86. The number of aryl methyl sites for hydroxylation is 2. The van der Waals surface area contributed by atoms with E-state index in [1.54, 1.807) is 18.2 Å². The van der Waals surface area contributed by atoms with Crippen LogP contribution in [-0.2, 0) is 6.61 Å². The molecule has 2 unspecified atom stereocenters. The van der Waals surface area contributed by atoms with E-state index in [0.29, 0.717) is 29.2 Å². The average Bonchev–Trinajstić information content (AvgIpc) is 3.42. The van der Waals surface area contributed by atoms with Crippen LogP contribution in [0.1, 0.15) is 45.3 Å². The summed E-state index contributed by atoms with van der Waals surface area (Å²) < 4.78 is 44.2. The molecule has 2 atom stereocenters. The van der Waals surface area contributed by atoms with Gasteiger partial charge >= 0.3 is 0 Å². The number of nitrogens with zero attached hydrogens (tertiary/aromatic N) is 1. The minimum atomic E-state index is -0.594. The van der Waals surface area contributed by atoms with Crippen molar-refractivity contribution in [3.63, 3.8) is 0 Å². The summed E-state index contributed by atoms with van der Waals surface area (Å²) in [6.07, 6.45) is 0.485. The van der Waals surface area contributed by atoms with Crippen molar-refractivity contribution in [2.24, 2.45) is 0 Å². The molecule has 1 fully saturated rings.